The maximum atomic E-state index is 11.9. The van der Waals surface area contributed by atoms with E-state index in [0.29, 0.717) is 0 Å². The summed E-state index contributed by atoms with van der Waals surface area (Å²) in [5.41, 5.74) is 5.34. The Morgan fingerprint density at radius 3 is 2.67 bits per heavy atom. The number of nitrogens with zero attached hydrogens (tertiary/aromatic N) is 1. The lowest BCUT2D eigenvalue weighted by Crippen LogP contribution is -2.24. The van der Waals surface area contributed by atoms with Crippen LogP contribution in [-0.4, -0.2) is 16.9 Å². The van der Waals surface area contributed by atoms with Crippen molar-refractivity contribution in [2.75, 3.05) is 0 Å². The zero-order valence-electron chi connectivity index (χ0n) is 10.1. The molecular formula is C13H16N2O3. The quantitative estimate of drug-likeness (QED) is 0.825. The number of pyridine rings is 1. The molecule has 1 aliphatic carbocycles. The summed E-state index contributed by atoms with van der Waals surface area (Å²) in [5, 5.41) is 0. The SMILES string of the molecule is NC(=O)c1cccnc1OC(=O)C1CCCCC1. The van der Waals surface area contributed by atoms with Gasteiger partial charge in [-0.05, 0) is 25.0 Å². The molecule has 1 heterocycles. The van der Waals surface area contributed by atoms with Gasteiger partial charge in [0, 0.05) is 6.20 Å². The molecule has 0 bridgehead atoms. The molecule has 1 fully saturated rings. The largest absolute Gasteiger partial charge is 0.406 e. The Balaban J connectivity index is 2.08. The zero-order chi connectivity index (χ0) is 13.0. The normalized spacial score (nSPS) is 16.2. The van der Waals surface area contributed by atoms with E-state index in [1.54, 1.807) is 6.07 Å². The van der Waals surface area contributed by atoms with Crippen molar-refractivity contribution >= 4 is 11.9 Å². The van der Waals surface area contributed by atoms with E-state index in [0.717, 1.165) is 25.7 Å². The number of amides is 1. The summed E-state index contributed by atoms with van der Waals surface area (Å²) in [5.74, 6) is -1.02. The molecule has 1 amide bonds. The molecule has 0 aliphatic heterocycles. The molecule has 5 nitrogen and oxygen atoms in total. The lowest BCUT2D eigenvalue weighted by molar-refractivity contribution is -0.140. The third-order valence-electron chi connectivity index (χ3n) is 3.17. The molecule has 1 aromatic heterocycles. The maximum Gasteiger partial charge on any atom is 0.315 e. The fourth-order valence-electron chi connectivity index (χ4n) is 2.18. The van der Waals surface area contributed by atoms with Gasteiger partial charge in [0.2, 0.25) is 5.88 Å². The number of hydrogen-bond acceptors (Lipinski definition) is 4. The Hall–Kier alpha value is -1.91. The van der Waals surface area contributed by atoms with Crippen LogP contribution in [0.4, 0.5) is 0 Å². The number of rotatable bonds is 3. The fraction of sp³-hybridized carbons (Fsp3) is 0.462. The number of esters is 1. The number of primary amides is 1. The van der Waals surface area contributed by atoms with E-state index in [-0.39, 0.29) is 23.3 Å². The van der Waals surface area contributed by atoms with E-state index in [1.807, 2.05) is 0 Å². The number of hydrogen-bond donors (Lipinski definition) is 1. The van der Waals surface area contributed by atoms with Crippen molar-refractivity contribution in [2.24, 2.45) is 11.7 Å². The lowest BCUT2D eigenvalue weighted by atomic mass is 9.89. The average Bonchev–Trinajstić information content (AvgIpc) is 2.40. The van der Waals surface area contributed by atoms with E-state index in [9.17, 15) is 9.59 Å². The highest BCUT2D eigenvalue weighted by molar-refractivity contribution is 5.95. The van der Waals surface area contributed by atoms with Gasteiger partial charge in [-0.2, -0.15) is 0 Å². The van der Waals surface area contributed by atoms with E-state index in [4.69, 9.17) is 10.5 Å². The van der Waals surface area contributed by atoms with E-state index in [2.05, 4.69) is 4.98 Å². The molecule has 2 rings (SSSR count). The average molecular weight is 248 g/mol. The second-order valence-corrected chi connectivity index (χ2v) is 4.48. The van der Waals surface area contributed by atoms with Gasteiger partial charge in [-0.25, -0.2) is 4.98 Å². The van der Waals surface area contributed by atoms with Crippen molar-refractivity contribution in [3.05, 3.63) is 23.9 Å². The van der Waals surface area contributed by atoms with E-state index >= 15 is 0 Å². The van der Waals surface area contributed by atoms with Gasteiger partial charge in [-0.3, -0.25) is 9.59 Å². The molecule has 0 unspecified atom stereocenters. The lowest BCUT2D eigenvalue weighted by Gasteiger charge is -2.19. The van der Waals surface area contributed by atoms with Gasteiger partial charge in [-0.15, -0.1) is 0 Å². The summed E-state index contributed by atoms with van der Waals surface area (Å²) in [6.07, 6.45) is 6.42. The van der Waals surface area contributed by atoms with Crippen LogP contribution in [0.15, 0.2) is 18.3 Å². The Morgan fingerprint density at radius 2 is 2.00 bits per heavy atom. The van der Waals surface area contributed by atoms with Gasteiger partial charge in [0.1, 0.15) is 5.56 Å². The minimum Gasteiger partial charge on any atom is -0.406 e. The monoisotopic (exact) mass is 248 g/mol. The minimum absolute atomic E-state index is 0.0144. The van der Waals surface area contributed by atoms with Crippen LogP contribution in [0.1, 0.15) is 42.5 Å². The summed E-state index contributed by atoms with van der Waals surface area (Å²) in [6.45, 7) is 0. The summed E-state index contributed by atoms with van der Waals surface area (Å²) in [6, 6.07) is 3.08. The van der Waals surface area contributed by atoms with Crippen LogP contribution in [0.25, 0.3) is 0 Å². The maximum absolute atomic E-state index is 11.9. The number of carbonyl (C=O) groups is 2. The predicted octanol–water partition coefficient (Wildman–Crippen LogP) is 1.67. The molecule has 96 valence electrons. The molecule has 0 saturated heterocycles. The van der Waals surface area contributed by atoms with Gasteiger partial charge in [-0.1, -0.05) is 19.3 Å². The summed E-state index contributed by atoms with van der Waals surface area (Å²) in [4.78, 5) is 27.0. The Kier molecular flexibility index (Phi) is 3.92. The van der Waals surface area contributed by atoms with Crippen molar-refractivity contribution in [2.45, 2.75) is 32.1 Å². The second-order valence-electron chi connectivity index (χ2n) is 4.48. The van der Waals surface area contributed by atoms with Crippen molar-refractivity contribution in [3.63, 3.8) is 0 Å². The van der Waals surface area contributed by atoms with Crippen molar-refractivity contribution in [3.8, 4) is 5.88 Å². The molecule has 0 spiro atoms. The summed E-state index contributed by atoms with van der Waals surface area (Å²) < 4.78 is 5.20. The topological polar surface area (TPSA) is 82.3 Å². The first-order valence-corrected chi connectivity index (χ1v) is 6.15. The fourth-order valence-corrected chi connectivity index (χ4v) is 2.18. The van der Waals surface area contributed by atoms with Crippen molar-refractivity contribution in [1.82, 2.24) is 4.98 Å². The van der Waals surface area contributed by atoms with E-state index in [1.165, 1.54) is 18.7 Å². The Labute approximate surface area is 105 Å². The molecule has 2 N–H and O–H groups in total. The first-order chi connectivity index (χ1) is 8.68. The molecule has 1 saturated carbocycles. The molecule has 0 atom stereocenters. The molecule has 0 radical (unpaired) electrons. The molecular weight excluding hydrogens is 232 g/mol. The molecule has 1 aromatic rings. The third-order valence-corrected chi connectivity index (χ3v) is 3.17. The summed E-state index contributed by atoms with van der Waals surface area (Å²) >= 11 is 0. The molecule has 18 heavy (non-hydrogen) atoms. The van der Waals surface area contributed by atoms with Crippen molar-refractivity contribution in [1.29, 1.82) is 0 Å². The Bertz CT molecular complexity index is 453. The number of aromatic nitrogens is 1. The first kappa shape index (κ1) is 12.5. The zero-order valence-corrected chi connectivity index (χ0v) is 10.1. The second kappa shape index (κ2) is 5.62. The first-order valence-electron chi connectivity index (χ1n) is 6.15. The van der Waals surface area contributed by atoms with Gasteiger partial charge < -0.3 is 10.5 Å². The smallest absolute Gasteiger partial charge is 0.315 e. The minimum atomic E-state index is -0.644. The van der Waals surface area contributed by atoms with Crippen LogP contribution in [0.5, 0.6) is 5.88 Å². The van der Waals surface area contributed by atoms with Gasteiger partial charge in [0.05, 0.1) is 5.92 Å². The molecule has 0 aromatic carbocycles. The van der Waals surface area contributed by atoms with Crippen LogP contribution in [-0.2, 0) is 4.79 Å². The highest BCUT2D eigenvalue weighted by Gasteiger charge is 2.24. The molecule has 1 aliphatic rings. The predicted molar refractivity (Wildman–Crippen MR) is 65.0 cm³/mol. The van der Waals surface area contributed by atoms with Crippen LogP contribution in [0.2, 0.25) is 0 Å². The van der Waals surface area contributed by atoms with Crippen LogP contribution < -0.4 is 10.5 Å². The Morgan fingerprint density at radius 1 is 1.28 bits per heavy atom. The number of nitrogens with two attached hydrogens (primary N) is 1. The number of carbonyl (C=O) groups excluding carboxylic acids is 2. The van der Waals surface area contributed by atoms with Gasteiger partial charge in [0.25, 0.3) is 5.91 Å². The van der Waals surface area contributed by atoms with E-state index < -0.39 is 5.91 Å². The highest BCUT2D eigenvalue weighted by Crippen LogP contribution is 2.25. The van der Waals surface area contributed by atoms with Crippen LogP contribution in [0.3, 0.4) is 0 Å². The molecule has 5 heteroatoms. The van der Waals surface area contributed by atoms with Gasteiger partial charge >= 0.3 is 5.97 Å². The number of ether oxygens (including phenoxy) is 1. The standard InChI is InChI=1S/C13H16N2O3/c14-11(16)10-7-4-8-15-12(10)18-13(17)9-5-2-1-3-6-9/h4,7-9H,1-3,5-6H2,(H2,14,16). The third kappa shape index (κ3) is 2.85. The summed E-state index contributed by atoms with van der Waals surface area (Å²) in [7, 11) is 0. The van der Waals surface area contributed by atoms with Gasteiger partial charge in [0.15, 0.2) is 0 Å². The van der Waals surface area contributed by atoms with Crippen molar-refractivity contribution < 1.29 is 14.3 Å². The highest BCUT2D eigenvalue weighted by atomic mass is 16.5. The van der Waals surface area contributed by atoms with Crippen LogP contribution in [0, 0.1) is 5.92 Å². The van der Waals surface area contributed by atoms with Crippen LogP contribution >= 0.6 is 0 Å².